The second kappa shape index (κ2) is 7.87. The maximum atomic E-state index is 10.9. The number of methoxy groups -OCH3 is 1. The molecule has 112 valence electrons. The SMILES string of the molecule is COc1cc(C)c(CC(CC(=O)O)NCCO)cc1C. The number of aryl methyl sites for hydroxylation is 2. The number of hydrogen-bond acceptors (Lipinski definition) is 4. The van der Waals surface area contributed by atoms with Crippen molar-refractivity contribution in [2.45, 2.75) is 32.7 Å². The van der Waals surface area contributed by atoms with E-state index in [2.05, 4.69) is 5.32 Å². The summed E-state index contributed by atoms with van der Waals surface area (Å²) in [6.07, 6.45) is 0.646. The van der Waals surface area contributed by atoms with Gasteiger partial charge in [-0.15, -0.1) is 0 Å². The zero-order valence-electron chi connectivity index (χ0n) is 12.3. The molecule has 1 rings (SSSR count). The summed E-state index contributed by atoms with van der Waals surface area (Å²) in [4.78, 5) is 10.9. The van der Waals surface area contributed by atoms with Crippen molar-refractivity contribution in [1.29, 1.82) is 0 Å². The highest BCUT2D eigenvalue weighted by Gasteiger charge is 2.15. The van der Waals surface area contributed by atoms with Gasteiger partial charge in [-0.1, -0.05) is 6.07 Å². The predicted octanol–water partition coefficient (Wildman–Crippen LogP) is 1.28. The van der Waals surface area contributed by atoms with E-state index >= 15 is 0 Å². The molecule has 5 nitrogen and oxygen atoms in total. The van der Waals surface area contributed by atoms with Crippen molar-refractivity contribution in [2.24, 2.45) is 0 Å². The molecule has 1 aromatic carbocycles. The Balaban J connectivity index is 2.86. The van der Waals surface area contributed by atoms with Gasteiger partial charge in [-0.25, -0.2) is 0 Å². The molecule has 0 saturated carbocycles. The number of carboxylic acids is 1. The average Bonchev–Trinajstić information content (AvgIpc) is 2.39. The van der Waals surface area contributed by atoms with Crippen molar-refractivity contribution in [3.63, 3.8) is 0 Å². The Morgan fingerprint density at radius 1 is 1.35 bits per heavy atom. The minimum absolute atomic E-state index is 0.00323. The Labute approximate surface area is 119 Å². The molecule has 0 heterocycles. The van der Waals surface area contributed by atoms with E-state index in [0.29, 0.717) is 13.0 Å². The van der Waals surface area contributed by atoms with Crippen LogP contribution >= 0.6 is 0 Å². The summed E-state index contributed by atoms with van der Waals surface area (Å²) < 4.78 is 5.27. The van der Waals surface area contributed by atoms with E-state index in [9.17, 15) is 4.79 Å². The van der Waals surface area contributed by atoms with Crippen LogP contribution in [0.5, 0.6) is 5.75 Å². The van der Waals surface area contributed by atoms with Crippen molar-refractivity contribution in [3.8, 4) is 5.75 Å². The maximum absolute atomic E-state index is 10.9. The Morgan fingerprint density at radius 3 is 2.60 bits per heavy atom. The molecule has 0 amide bonds. The van der Waals surface area contributed by atoms with Crippen LogP contribution in [0.2, 0.25) is 0 Å². The van der Waals surface area contributed by atoms with Crippen molar-refractivity contribution in [2.75, 3.05) is 20.3 Å². The van der Waals surface area contributed by atoms with Crippen LogP contribution in [-0.4, -0.2) is 42.5 Å². The van der Waals surface area contributed by atoms with Crippen LogP contribution in [0.1, 0.15) is 23.1 Å². The lowest BCUT2D eigenvalue weighted by Gasteiger charge is -2.19. The zero-order valence-corrected chi connectivity index (χ0v) is 12.3. The monoisotopic (exact) mass is 281 g/mol. The molecule has 0 aromatic heterocycles. The number of carboxylic acid groups (broad SMARTS) is 1. The Bertz CT molecular complexity index is 459. The Morgan fingerprint density at radius 2 is 2.05 bits per heavy atom. The van der Waals surface area contributed by atoms with Crippen molar-refractivity contribution >= 4 is 5.97 Å². The molecule has 1 atom stereocenters. The third-order valence-electron chi connectivity index (χ3n) is 3.29. The van der Waals surface area contributed by atoms with Gasteiger partial charge in [0.1, 0.15) is 5.75 Å². The lowest BCUT2D eigenvalue weighted by Crippen LogP contribution is -2.35. The van der Waals surface area contributed by atoms with E-state index in [-0.39, 0.29) is 19.1 Å². The second-order valence-electron chi connectivity index (χ2n) is 4.92. The molecule has 0 aliphatic rings. The molecule has 0 spiro atoms. The van der Waals surface area contributed by atoms with Crippen molar-refractivity contribution < 1.29 is 19.7 Å². The molecule has 5 heteroatoms. The molecule has 0 bridgehead atoms. The minimum atomic E-state index is -0.844. The van der Waals surface area contributed by atoms with Crippen LogP contribution in [0.3, 0.4) is 0 Å². The van der Waals surface area contributed by atoms with Crippen LogP contribution in [-0.2, 0) is 11.2 Å². The van der Waals surface area contributed by atoms with Crippen molar-refractivity contribution in [1.82, 2.24) is 5.32 Å². The van der Waals surface area contributed by atoms with E-state index in [1.165, 1.54) is 0 Å². The number of rotatable bonds is 8. The lowest BCUT2D eigenvalue weighted by atomic mass is 9.97. The quantitative estimate of drug-likeness (QED) is 0.669. The molecular weight excluding hydrogens is 258 g/mol. The first kappa shape index (κ1) is 16.5. The van der Waals surface area contributed by atoms with Gasteiger partial charge in [0.2, 0.25) is 0 Å². The number of nitrogens with one attached hydrogen (secondary N) is 1. The van der Waals surface area contributed by atoms with Crippen LogP contribution in [0.25, 0.3) is 0 Å². The number of ether oxygens (including phenoxy) is 1. The first-order valence-electron chi connectivity index (χ1n) is 6.68. The smallest absolute Gasteiger partial charge is 0.304 e. The Kier molecular flexibility index (Phi) is 6.48. The van der Waals surface area contributed by atoms with Crippen molar-refractivity contribution in [3.05, 3.63) is 28.8 Å². The molecule has 0 saturated heterocycles. The molecule has 3 N–H and O–H groups in total. The predicted molar refractivity (Wildman–Crippen MR) is 77.3 cm³/mol. The summed E-state index contributed by atoms with van der Waals surface area (Å²) in [5.74, 6) is -0.00678. The number of aliphatic hydroxyl groups is 1. The summed E-state index contributed by atoms with van der Waals surface area (Å²) >= 11 is 0. The molecule has 0 radical (unpaired) electrons. The van der Waals surface area contributed by atoms with Crippen LogP contribution < -0.4 is 10.1 Å². The van der Waals surface area contributed by atoms with Gasteiger partial charge >= 0.3 is 5.97 Å². The largest absolute Gasteiger partial charge is 0.496 e. The first-order chi connectivity index (χ1) is 9.47. The third kappa shape index (κ3) is 4.83. The fourth-order valence-electron chi connectivity index (χ4n) is 2.25. The molecule has 20 heavy (non-hydrogen) atoms. The maximum Gasteiger partial charge on any atom is 0.304 e. The third-order valence-corrected chi connectivity index (χ3v) is 3.29. The molecule has 0 aliphatic heterocycles. The second-order valence-corrected chi connectivity index (χ2v) is 4.92. The van der Waals surface area contributed by atoms with Crippen LogP contribution in [0, 0.1) is 13.8 Å². The molecule has 1 aromatic rings. The molecular formula is C15H23NO4. The van der Waals surface area contributed by atoms with E-state index < -0.39 is 5.97 Å². The number of benzene rings is 1. The molecule has 0 aliphatic carbocycles. The highest BCUT2D eigenvalue weighted by atomic mass is 16.5. The van der Waals surface area contributed by atoms with E-state index in [1.54, 1.807) is 7.11 Å². The topological polar surface area (TPSA) is 78.8 Å². The average molecular weight is 281 g/mol. The standard InChI is InChI=1S/C15H23NO4/c1-10-7-14(20-3)11(2)6-12(10)8-13(9-15(18)19)16-4-5-17/h6-7,13,16-17H,4-5,8-9H2,1-3H3,(H,18,19). The first-order valence-corrected chi connectivity index (χ1v) is 6.68. The van der Waals surface area contributed by atoms with E-state index in [4.69, 9.17) is 14.9 Å². The zero-order chi connectivity index (χ0) is 15.1. The highest BCUT2D eigenvalue weighted by Crippen LogP contribution is 2.23. The lowest BCUT2D eigenvalue weighted by molar-refractivity contribution is -0.137. The summed E-state index contributed by atoms with van der Waals surface area (Å²) in [5.41, 5.74) is 3.21. The number of aliphatic carboxylic acids is 1. The summed E-state index contributed by atoms with van der Waals surface area (Å²) in [6, 6.07) is 3.81. The van der Waals surface area contributed by atoms with Gasteiger partial charge in [0.15, 0.2) is 0 Å². The van der Waals surface area contributed by atoms with Crippen LogP contribution in [0.15, 0.2) is 12.1 Å². The highest BCUT2D eigenvalue weighted by molar-refractivity contribution is 5.67. The van der Waals surface area contributed by atoms with Gasteiger partial charge in [-0.3, -0.25) is 4.79 Å². The normalized spacial score (nSPS) is 12.2. The molecule has 1 unspecified atom stereocenters. The van der Waals surface area contributed by atoms with E-state index in [0.717, 1.165) is 22.4 Å². The fourth-order valence-corrected chi connectivity index (χ4v) is 2.25. The summed E-state index contributed by atoms with van der Waals surface area (Å²) in [6.45, 7) is 4.35. The number of carbonyl (C=O) groups is 1. The van der Waals surface area contributed by atoms with Gasteiger partial charge in [0, 0.05) is 12.6 Å². The Hall–Kier alpha value is -1.59. The van der Waals surface area contributed by atoms with Gasteiger partial charge in [-0.05, 0) is 43.0 Å². The molecule has 0 fully saturated rings. The fraction of sp³-hybridized carbons (Fsp3) is 0.533. The van der Waals surface area contributed by atoms with Gasteiger partial charge < -0.3 is 20.3 Å². The van der Waals surface area contributed by atoms with Gasteiger partial charge in [0.25, 0.3) is 0 Å². The minimum Gasteiger partial charge on any atom is -0.496 e. The van der Waals surface area contributed by atoms with Gasteiger partial charge in [-0.2, -0.15) is 0 Å². The van der Waals surface area contributed by atoms with E-state index in [1.807, 2.05) is 26.0 Å². The number of aliphatic hydroxyl groups excluding tert-OH is 1. The number of hydrogen-bond donors (Lipinski definition) is 3. The van der Waals surface area contributed by atoms with Crippen LogP contribution in [0.4, 0.5) is 0 Å². The summed E-state index contributed by atoms with van der Waals surface area (Å²) in [7, 11) is 1.64. The summed E-state index contributed by atoms with van der Waals surface area (Å²) in [5, 5.41) is 20.9. The van der Waals surface area contributed by atoms with Gasteiger partial charge in [0.05, 0.1) is 20.1 Å².